The molecule has 2 N–H and O–H groups in total. The first-order valence-electron chi connectivity index (χ1n) is 9.28. The molecule has 2 aliphatic heterocycles. The van der Waals surface area contributed by atoms with E-state index in [0.717, 1.165) is 63.9 Å². The quantitative estimate of drug-likeness (QED) is 0.610. The van der Waals surface area contributed by atoms with Crippen LogP contribution in [-0.4, -0.2) is 85.6 Å². The Morgan fingerprint density at radius 1 is 1.23 bits per heavy atom. The van der Waals surface area contributed by atoms with Gasteiger partial charge in [0, 0.05) is 57.6 Å². The number of carbonyl (C=O) groups excluding carboxylic acids is 2. The van der Waals surface area contributed by atoms with Gasteiger partial charge in [-0.3, -0.25) is 14.5 Å². The summed E-state index contributed by atoms with van der Waals surface area (Å²) >= 11 is 1.45. The van der Waals surface area contributed by atoms with Crippen LogP contribution < -0.4 is 10.6 Å². The summed E-state index contributed by atoms with van der Waals surface area (Å²) in [4.78, 5) is 32.2. The van der Waals surface area contributed by atoms with Crippen molar-refractivity contribution in [3.8, 4) is 0 Å². The number of amides is 2. The van der Waals surface area contributed by atoms with E-state index >= 15 is 0 Å². The second kappa shape index (κ2) is 9.84. The van der Waals surface area contributed by atoms with Crippen molar-refractivity contribution in [2.75, 3.05) is 64.3 Å². The number of likely N-dealkylation sites (tertiary alicyclic amines) is 1. The largest absolute Gasteiger partial charge is 0.379 e. The van der Waals surface area contributed by atoms with Gasteiger partial charge in [-0.25, -0.2) is 4.98 Å². The number of morpholine rings is 1. The summed E-state index contributed by atoms with van der Waals surface area (Å²) in [6.07, 6.45) is 2.38. The fraction of sp³-hybridized carbons (Fsp3) is 0.706. The van der Waals surface area contributed by atoms with Crippen molar-refractivity contribution < 1.29 is 14.3 Å². The smallest absolute Gasteiger partial charge is 0.270 e. The van der Waals surface area contributed by atoms with E-state index in [1.165, 1.54) is 11.3 Å². The van der Waals surface area contributed by atoms with Crippen LogP contribution in [0.25, 0.3) is 0 Å². The lowest BCUT2D eigenvalue weighted by molar-refractivity contribution is -0.127. The van der Waals surface area contributed by atoms with Crippen LogP contribution in [0.5, 0.6) is 0 Å². The third-order valence-corrected chi connectivity index (χ3v) is 5.41. The first-order chi connectivity index (χ1) is 12.7. The summed E-state index contributed by atoms with van der Waals surface area (Å²) in [7, 11) is 0. The summed E-state index contributed by atoms with van der Waals surface area (Å²) in [6, 6.07) is 0. The van der Waals surface area contributed by atoms with Crippen LogP contribution in [0.15, 0.2) is 5.38 Å². The van der Waals surface area contributed by atoms with Crippen molar-refractivity contribution in [2.45, 2.75) is 19.3 Å². The normalized spacial score (nSPS) is 18.3. The van der Waals surface area contributed by atoms with Gasteiger partial charge >= 0.3 is 0 Å². The van der Waals surface area contributed by atoms with Crippen LogP contribution in [-0.2, 0) is 9.53 Å². The molecule has 3 heterocycles. The number of hydrogen-bond donors (Lipinski definition) is 2. The number of anilines is 1. The Kier molecular flexibility index (Phi) is 7.22. The molecule has 2 aliphatic rings. The lowest BCUT2D eigenvalue weighted by Gasteiger charge is -2.26. The molecule has 0 aromatic carbocycles. The molecule has 0 atom stereocenters. The van der Waals surface area contributed by atoms with Gasteiger partial charge in [-0.05, 0) is 12.8 Å². The first kappa shape index (κ1) is 19.1. The molecule has 1 aromatic rings. The summed E-state index contributed by atoms with van der Waals surface area (Å²) in [5, 5.41) is 8.70. The molecule has 144 valence electrons. The SMILES string of the molecule is O=C(NCCCN1CCCC1=O)c1csc(NCCN2CCOCC2)n1. The Bertz CT molecular complexity index is 603. The zero-order valence-corrected chi connectivity index (χ0v) is 15.9. The van der Waals surface area contributed by atoms with Gasteiger partial charge in [0.2, 0.25) is 5.91 Å². The predicted molar refractivity (Wildman–Crippen MR) is 101 cm³/mol. The van der Waals surface area contributed by atoms with Crippen LogP contribution >= 0.6 is 11.3 Å². The molecule has 1 aromatic heterocycles. The number of hydrogen-bond acceptors (Lipinski definition) is 7. The summed E-state index contributed by atoms with van der Waals surface area (Å²) < 4.78 is 5.33. The van der Waals surface area contributed by atoms with E-state index in [4.69, 9.17) is 4.74 Å². The predicted octanol–water partition coefficient (Wildman–Crippen LogP) is 0.630. The van der Waals surface area contributed by atoms with Crippen molar-refractivity contribution in [3.05, 3.63) is 11.1 Å². The number of ether oxygens (including phenoxy) is 1. The van der Waals surface area contributed by atoms with Crippen LogP contribution in [0.2, 0.25) is 0 Å². The molecule has 0 aliphatic carbocycles. The molecule has 9 heteroatoms. The lowest BCUT2D eigenvalue weighted by Crippen LogP contribution is -2.39. The Balaban J connectivity index is 1.31. The Hall–Kier alpha value is -1.71. The maximum Gasteiger partial charge on any atom is 0.270 e. The fourth-order valence-electron chi connectivity index (χ4n) is 3.11. The van der Waals surface area contributed by atoms with Crippen LogP contribution in [0, 0.1) is 0 Å². The van der Waals surface area contributed by atoms with Crippen LogP contribution in [0.1, 0.15) is 29.8 Å². The number of nitrogens with zero attached hydrogens (tertiary/aromatic N) is 3. The number of aromatic nitrogens is 1. The maximum absolute atomic E-state index is 12.1. The molecule has 0 radical (unpaired) electrons. The highest BCUT2D eigenvalue weighted by molar-refractivity contribution is 7.13. The van der Waals surface area contributed by atoms with E-state index in [9.17, 15) is 9.59 Å². The minimum absolute atomic E-state index is 0.157. The van der Waals surface area contributed by atoms with E-state index in [1.807, 2.05) is 4.90 Å². The van der Waals surface area contributed by atoms with E-state index in [-0.39, 0.29) is 11.8 Å². The zero-order valence-electron chi connectivity index (χ0n) is 15.0. The zero-order chi connectivity index (χ0) is 18.2. The molecule has 2 amide bonds. The van der Waals surface area contributed by atoms with Gasteiger partial charge in [0.15, 0.2) is 5.13 Å². The average Bonchev–Trinajstić information content (AvgIpc) is 3.29. The maximum atomic E-state index is 12.1. The Labute approximate surface area is 157 Å². The minimum Gasteiger partial charge on any atom is -0.379 e. The van der Waals surface area contributed by atoms with Crippen LogP contribution in [0.4, 0.5) is 5.13 Å². The van der Waals surface area contributed by atoms with Crippen molar-refractivity contribution in [1.29, 1.82) is 0 Å². The third kappa shape index (κ3) is 5.65. The molecular formula is C17H27N5O3S. The molecule has 26 heavy (non-hydrogen) atoms. The van der Waals surface area contributed by atoms with E-state index in [1.54, 1.807) is 5.38 Å². The Morgan fingerprint density at radius 2 is 2.08 bits per heavy atom. The number of nitrogens with one attached hydrogen (secondary N) is 2. The average molecular weight is 382 g/mol. The lowest BCUT2D eigenvalue weighted by atomic mass is 10.3. The summed E-state index contributed by atoms with van der Waals surface area (Å²) in [6.45, 7) is 7.40. The Morgan fingerprint density at radius 3 is 2.85 bits per heavy atom. The molecule has 0 bridgehead atoms. The second-order valence-corrected chi connectivity index (χ2v) is 7.37. The number of rotatable bonds is 9. The van der Waals surface area contributed by atoms with Gasteiger partial charge in [0.05, 0.1) is 13.2 Å². The van der Waals surface area contributed by atoms with E-state index in [2.05, 4.69) is 20.5 Å². The van der Waals surface area contributed by atoms with Crippen molar-refractivity contribution in [1.82, 2.24) is 20.1 Å². The van der Waals surface area contributed by atoms with Crippen molar-refractivity contribution in [3.63, 3.8) is 0 Å². The molecular weight excluding hydrogens is 354 g/mol. The molecule has 8 nitrogen and oxygen atoms in total. The van der Waals surface area contributed by atoms with Gasteiger partial charge < -0.3 is 20.3 Å². The van der Waals surface area contributed by atoms with E-state index < -0.39 is 0 Å². The highest BCUT2D eigenvalue weighted by Crippen LogP contribution is 2.15. The molecule has 0 unspecified atom stereocenters. The number of carbonyl (C=O) groups is 2. The minimum atomic E-state index is -0.157. The standard InChI is InChI=1S/C17H27N5O3S/c23-15-3-1-6-22(15)7-2-4-18-16(24)14-13-26-17(20-14)19-5-8-21-9-11-25-12-10-21/h13H,1-12H2,(H,18,24)(H,19,20). The van der Waals surface area contributed by atoms with Gasteiger partial charge in [0.25, 0.3) is 5.91 Å². The van der Waals surface area contributed by atoms with E-state index in [0.29, 0.717) is 25.2 Å². The number of thiazole rings is 1. The molecule has 2 saturated heterocycles. The summed E-state index contributed by atoms with van der Waals surface area (Å²) in [5.41, 5.74) is 0.445. The van der Waals surface area contributed by atoms with Crippen LogP contribution in [0.3, 0.4) is 0 Å². The van der Waals surface area contributed by atoms with Crippen molar-refractivity contribution in [2.24, 2.45) is 0 Å². The third-order valence-electron chi connectivity index (χ3n) is 4.61. The van der Waals surface area contributed by atoms with Gasteiger partial charge in [-0.2, -0.15) is 0 Å². The highest BCUT2D eigenvalue weighted by Gasteiger charge is 2.19. The topological polar surface area (TPSA) is 86.8 Å². The first-order valence-corrected chi connectivity index (χ1v) is 10.2. The van der Waals surface area contributed by atoms with Crippen molar-refractivity contribution >= 4 is 28.3 Å². The fourth-order valence-corrected chi connectivity index (χ4v) is 3.83. The second-order valence-electron chi connectivity index (χ2n) is 6.51. The van der Waals surface area contributed by atoms with Gasteiger partial charge in [-0.15, -0.1) is 11.3 Å². The van der Waals surface area contributed by atoms with Gasteiger partial charge in [0.1, 0.15) is 5.69 Å². The highest BCUT2D eigenvalue weighted by atomic mass is 32.1. The van der Waals surface area contributed by atoms with Gasteiger partial charge in [-0.1, -0.05) is 0 Å². The molecule has 0 saturated carbocycles. The monoisotopic (exact) mass is 381 g/mol. The molecule has 0 spiro atoms. The molecule has 3 rings (SSSR count). The molecule has 2 fully saturated rings. The summed E-state index contributed by atoms with van der Waals surface area (Å²) in [5.74, 6) is 0.0684.